The highest BCUT2D eigenvalue weighted by atomic mass is 16.3. The van der Waals surface area contributed by atoms with Crippen LogP contribution in [0.15, 0.2) is 139 Å². The standard InChI is InChI=1S/C42H39N3O3/c1-27-36(41(48)45(43-27)31-19-10-5-11-20-31)37-39(46)33(40(37)47)24-35-42(25-28-14-6-3-7-15-28,26-29-16-8-4-9-17-29)38-32-21-13-12-18-30(32)22-23-34(38)44(35)2/h3-24,33,37,39-40,46-48H,25-26H2,1-2H3. The first-order chi connectivity index (χ1) is 23.4. The Balaban J connectivity index is 1.27. The smallest absolute Gasteiger partial charge is 0.218 e. The van der Waals surface area contributed by atoms with Crippen molar-refractivity contribution in [2.45, 2.75) is 43.3 Å². The zero-order chi connectivity index (χ0) is 33.0. The van der Waals surface area contributed by atoms with Crippen LogP contribution in [0.4, 0.5) is 5.69 Å². The second kappa shape index (κ2) is 11.8. The molecular formula is C42H39N3O3. The highest BCUT2D eigenvalue weighted by molar-refractivity contribution is 5.95. The fraction of sp³-hybridized carbons (Fsp3) is 0.214. The molecule has 1 aliphatic heterocycles. The van der Waals surface area contributed by atoms with E-state index in [0.717, 1.165) is 29.9 Å². The quantitative estimate of drug-likeness (QED) is 0.173. The van der Waals surface area contributed by atoms with E-state index in [-0.39, 0.29) is 5.88 Å². The molecular weight excluding hydrogens is 594 g/mol. The summed E-state index contributed by atoms with van der Waals surface area (Å²) in [7, 11) is 2.10. The summed E-state index contributed by atoms with van der Waals surface area (Å²) in [5.41, 5.74) is 7.19. The van der Waals surface area contributed by atoms with Crippen molar-refractivity contribution in [3.63, 3.8) is 0 Å². The fourth-order valence-corrected chi connectivity index (χ4v) is 8.33. The molecule has 48 heavy (non-hydrogen) atoms. The Hall–Kier alpha value is -5.17. The predicted molar refractivity (Wildman–Crippen MR) is 191 cm³/mol. The van der Waals surface area contributed by atoms with Gasteiger partial charge in [-0.15, -0.1) is 0 Å². The maximum Gasteiger partial charge on any atom is 0.218 e. The van der Waals surface area contributed by atoms with Gasteiger partial charge in [0.2, 0.25) is 5.88 Å². The molecule has 0 saturated heterocycles. The van der Waals surface area contributed by atoms with Gasteiger partial charge >= 0.3 is 0 Å². The number of aliphatic hydroxyl groups excluding tert-OH is 2. The van der Waals surface area contributed by atoms with Crippen LogP contribution in [0.2, 0.25) is 0 Å². The molecule has 1 fully saturated rings. The summed E-state index contributed by atoms with van der Waals surface area (Å²) in [5, 5.41) is 42.0. The third-order valence-corrected chi connectivity index (χ3v) is 10.6. The maximum atomic E-state index is 11.8. The Morgan fingerprint density at radius 1 is 0.729 bits per heavy atom. The van der Waals surface area contributed by atoms with Crippen molar-refractivity contribution in [3.05, 3.63) is 167 Å². The van der Waals surface area contributed by atoms with Gasteiger partial charge in [0.1, 0.15) is 0 Å². The number of hydrogen-bond acceptors (Lipinski definition) is 5. The summed E-state index contributed by atoms with van der Waals surface area (Å²) in [5.74, 6) is -1.26. The molecule has 2 unspecified atom stereocenters. The first-order valence-corrected chi connectivity index (χ1v) is 16.6. The van der Waals surface area contributed by atoms with Crippen LogP contribution in [-0.4, -0.2) is 44.4 Å². The number of aromatic nitrogens is 2. The summed E-state index contributed by atoms with van der Waals surface area (Å²) in [6.07, 6.45) is 1.77. The number of aromatic hydroxyl groups is 1. The number of aliphatic hydroxyl groups is 2. The van der Waals surface area contributed by atoms with Crippen molar-refractivity contribution in [1.82, 2.24) is 9.78 Å². The Kier molecular flexibility index (Phi) is 7.43. The zero-order valence-electron chi connectivity index (χ0n) is 27.1. The Bertz CT molecular complexity index is 2070. The zero-order valence-corrected chi connectivity index (χ0v) is 27.1. The minimum Gasteiger partial charge on any atom is -0.493 e. The second-order valence-electron chi connectivity index (χ2n) is 13.4. The van der Waals surface area contributed by atoms with Crippen LogP contribution in [0.3, 0.4) is 0 Å². The van der Waals surface area contributed by atoms with E-state index in [1.807, 2.05) is 49.4 Å². The van der Waals surface area contributed by atoms with Crippen LogP contribution < -0.4 is 4.90 Å². The van der Waals surface area contributed by atoms with Crippen molar-refractivity contribution in [2.75, 3.05) is 11.9 Å². The number of benzene rings is 5. The van der Waals surface area contributed by atoms with Crippen LogP contribution in [0.25, 0.3) is 16.5 Å². The molecule has 0 radical (unpaired) electrons. The van der Waals surface area contributed by atoms with Crippen LogP contribution in [-0.2, 0) is 18.3 Å². The molecule has 1 aliphatic carbocycles. The van der Waals surface area contributed by atoms with Gasteiger partial charge in [0.25, 0.3) is 0 Å². The van der Waals surface area contributed by atoms with E-state index >= 15 is 0 Å². The molecule has 240 valence electrons. The highest BCUT2D eigenvalue weighted by Crippen LogP contribution is 2.56. The number of anilines is 1. The number of rotatable bonds is 7. The van der Waals surface area contributed by atoms with Crippen molar-refractivity contribution >= 4 is 16.5 Å². The second-order valence-corrected chi connectivity index (χ2v) is 13.4. The number of nitrogens with zero attached hydrogens (tertiary/aromatic N) is 3. The number of fused-ring (bicyclic) bond motifs is 3. The van der Waals surface area contributed by atoms with E-state index in [1.165, 1.54) is 32.1 Å². The van der Waals surface area contributed by atoms with E-state index in [1.54, 1.807) is 0 Å². The molecule has 0 bridgehead atoms. The number of para-hydroxylation sites is 1. The lowest BCUT2D eigenvalue weighted by Gasteiger charge is -2.46. The highest BCUT2D eigenvalue weighted by Gasteiger charge is 2.54. The van der Waals surface area contributed by atoms with Crippen LogP contribution >= 0.6 is 0 Å². The Morgan fingerprint density at radius 2 is 1.29 bits per heavy atom. The Labute approximate surface area is 280 Å². The average molecular weight is 634 g/mol. The fourth-order valence-electron chi connectivity index (χ4n) is 8.33. The lowest BCUT2D eigenvalue weighted by molar-refractivity contribution is -0.0955. The molecule has 6 nitrogen and oxygen atoms in total. The van der Waals surface area contributed by atoms with Gasteiger partial charge in [-0.1, -0.05) is 115 Å². The molecule has 8 rings (SSSR count). The minimum atomic E-state index is -0.912. The molecule has 6 aromatic rings. The number of hydrogen-bond donors (Lipinski definition) is 3. The van der Waals surface area contributed by atoms with E-state index in [0.29, 0.717) is 11.3 Å². The Morgan fingerprint density at radius 3 is 1.92 bits per heavy atom. The first-order valence-electron chi connectivity index (χ1n) is 16.6. The van der Waals surface area contributed by atoms with Gasteiger partial charge in [0.15, 0.2) is 0 Å². The van der Waals surface area contributed by atoms with Gasteiger partial charge in [-0.25, -0.2) is 4.68 Å². The summed E-state index contributed by atoms with van der Waals surface area (Å²) < 4.78 is 1.48. The molecule has 2 aliphatic rings. The maximum absolute atomic E-state index is 11.8. The molecule has 1 aromatic heterocycles. The number of likely N-dealkylation sites (N-methyl/N-ethyl adjacent to an activating group) is 1. The summed E-state index contributed by atoms with van der Waals surface area (Å²) in [4.78, 5) is 2.26. The van der Waals surface area contributed by atoms with E-state index in [2.05, 4.69) is 108 Å². The molecule has 2 heterocycles. The SMILES string of the molecule is Cc1nn(-c2ccccc2)c(O)c1C1C(O)C(C=C2N(C)c3ccc4ccccc4c3C2(Cc2ccccc2)Cc2ccccc2)C1O. The molecule has 0 amide bonds. The molecule has 2 atom stereocenters. The van der Waals surface area contributed by atoms with Crippen molar-refractivity contribution < 1.29 is 15.3 Å². The van der Waals surface area contributed by atoms with Crippen LogP contribution in [0.1, 0.15) is 33.9 Å². The lowest BCUT2D eigenvalue weighted by Crippen LogP contribution is -2.53. The lowest BCUT2D eigenvalue weighted by atomic mass is 9.63. The van der Waals surface area contributed by atoms with Gasteiger partial charge in [0, 0.05) is 41.2 Å². The molecule has 6 heteroatoms. The largest absolute Gasteiger partial charge is 0.493 e. The number of aryl methyl sites for hydroxylation is 1. The monoisotopic (exact) mass is 633 g/mol. The average Bonchev–Trinajstić information content (AvgIpc) is 3.53. The molecule has 3 N–H and O–H groups in total. The van der Waals surface area contributed by atoms with Crippen LogP contribution in [0, 0.1) is 12.8 Å². The summed E-state index contributed by atoms with van der Waals surface area (Å²) >= 11 is 0. The van der Waals surface area contributed by atoms with Crippen LogP contribution in [0.5, 0.6) is 5.88 Å². The predicted octanol–water partition coefficient (Wildman–Crippen LogP) is 7.23. The minimum absolute atomic E-state index is 0.0488. The van der Waals surface area contributed by atoms with Crippen molar-refractivity contribution in [3.8, 4) is 11.6 Å². The van der Waals surface area contributed by atoms with Gasteiger partial charge < -0.3 is 20.2 Å². The molecule has 5 aromatic carbocycles. The molecule has 1 saturated carbocycles. The normalized spacial score (nSPS) is 22.2. The van der Waals surface area contributed by atoms with Crippen molar-refractivity contribution in [2.24, 2.45) is 5.92 Å². The van der Waals surface area contributed by atoms with E-state index in [4.69, 9.17) is 0 Å². The van der Waals surface area contributed by atoms with E-state index in [9.17, 15) is 15.3 Å². The third kappa shape index (κ3) is 4.75. The summed E-state index contributed by atoms with van der Waals surface area (Å²) in [6, 6.07) is 43.6. The summed E-state index contributed by atoms with van der Waals surface area (Å²) in [6.45, 7) is 1.82. The van der Waals surface area contributed by atoms with Gasteiger partial charge in [-0.2, -0.15) is 5.10 Å². The first kappa shape index (κ1) is 30.2. The molecule has 0 spiro atoms. The van der Waals surface area contributed by atoms with E-state index < -0.39 is 29.5 Å². The third-order valence-electron chi connectivity index (χ3n) is 10.6. The van der Waals surface area contributed by atoms with Gasteiger partial charge in [-0.05, 0) is 65.4 Å². The van der Waals surface area contributed by atoms with Gasteiger partial charge in [-0.3, -0.25) is 0 Å². The van der Waals surface area contributed by atoms with Gasteiger partial charge in [0.05, 0.1) is 23.6 Å². The topological polar surface area (TPSA) is 81.8 Å². The number of allylic oxidation sites excluding steroid dienone is 1. The van der Waals surface area contributed by atoms with Crippen molar-refractivity contribution in [1.29, 1.82) is 0 Å².